The van der Waals surface area contributed by atoms with Crippen LogP contribution in [0.5, 0.6) is 5.75 Å². The van der Waals surface area contributed by atoms with Gasteiger partial charge in [0.25, 0.3) is 0 Å². The van der Waals surface area contributed by atoms with Gasteiger partial charge in [-0.3, -0.25) is 4.79 Å². The van der Waals surface area contributed by atoms with E-state index in [0.29, 0.717) is 6.61 Å². The zero-order chi connectivity index (χ0) is 13.0. The van der Waals surface area contributed by atoms with Crippen molar-refractivity contribution in [1.82, 2.24) is 5.32 Å². The Labute approximate surface area is 109 Å². The van der Waals surface area contributed by atoms with Gasteiger partial charge in [0.05, 0.1) is 12.6 Å². The van der Waals surface area contributed by atoms with E-state index in [0.717, 1.165) is 30.6 Å². The number of nitrogens with one attached hydrogen (secondary N) is 1. The minimum atomic E-state index is 0.0880. The quantitative estimate of drug-likeness (QED) is 0.888. The monoisotopic (exact) mass is 247 g/mol. The van der Waals surface area contributed by atoms with Gasteiger partial charge < -0.3 is 10.1 Å². The molecular weight excluding hydrogens is 226 g/mol. The summed E-state index contributed by atoms with van der Waals surface area (Å²) in [6.45, 7) is 4.77. The number of ether oxygens (including phenoxy) is 1. The second-order valence-corrected chi connectivity index (χ2v) is 4.93. The van der Waals surface area contributed by atoms with Crippen molar-refractivity contribution in [2.75, 3.05) is 6.61 Å². The molecule has 0 spiro atoms. The van der Waals surface area contributed by atoms with Crippen LogP contribution in [0.2, 0.25) is 0 Å². The Morgan fingerprint density at radius 3 is 3.06 bits per heavy atom. The third-order valence-corrected chi connectivity index (χ3v) is 3.44. The van der Waals surface area contributed by atoms with Crippen LogP contribution in [0, 0.1) is 5.92 Å². The molecule has 2 atom stereocenters. The summed E-state index contributed by atoms with van der Waals surface area (Å²) in [5.41, 5.74) is 1.10. The molecule has 1 heterocycles. The first-order chi connectivity index (χ1) is 8.72. The highest BCUT2D eigenvalue weighted by Gasteiger charge is 2.24. The lowest BCUT2D eigenvalue weighted by Gasteiger charge is -2.27. The maximum atomic E-state index is 12.1. The second-order valence-electron chi connectivity index (χ2n) is 4.93. The Kier molecular flexibility index (Phi) is 4.24. The highest BCUT2D eigenvalue weighted by molar-refractivity contribution is 5.78. The van der Waals surface area contributed by atoms with E-state index in [9.17, 15) is 4.79 Å². The minimum Gasteiger partial charge on any atom is -0.493 e. The molecule has 1 aliphatic heterocycles. The van der Waals surface area contributed by atoms with Crippen LogP contribution in [0.1, 0.15) is 44.7 Å². The van der Waals surface area contributed by atoms with Crippen LogP contribution in [0.3, 0.4) is 0 Å². The van der Waals surface area contributed by atoms with E-state index >= 15 is 0 Å². The summed E-state index contributed by atoms with van der Waals surface area (Å²) in [6, 6.07) is 8.04. The van der Waals surface area contributed by atoms with E-state index in [1.54, 1.807) is 0 Å². The second kappa shape index (κ2) is 5.89. The normalized spacial score (nSPS) is 19.6. The van der Waals surface area contributed by atoms with Crippen molar-refractivity contribution in [2.24, 2.45) is 5.92 Å². The highest BCUT2D eigenvalue weighted by atomic mass is 16.5. The molecule has 0 fully saturated rings. The molecule has 0 bridgehead atoms. The summed E-state index contributed by atoms with van der Waals surface area (Å²) in [5, 5.41) is 3.14. The lowest BCUT2D eigenvalue weighted by Crippen LogP contribution is -2.35. The van der Waals surface area contributed by atoms with E-state index in [1.807, 2.05) is 31.2 Å². The Balaban J connectivity index is 2.05. The van der Waals surface area contributed by atoms with Gasteiger partial charge in [-0.25, -0.2) is 0 Å². The molecule has 0 saturated carbocycles. The molecule has 1 aromatic rings. The zero-order valence-electron chi connectivity index (χ0n) is 11.1. The van der Waals surface area contributed by atoms with Crippen molar-refractivity contribution < 1.29 is 9.53 Å². The van der Waals surface area contributed by atoms with Crippen LogP contribution in [0.15, 0.2) is 24.3 Å². The molecule has 1 N–H and O–H groups in total. The van der Waals surface area contributed by atoms with Crippen molar-refractivity contribution >= 4 is 5.91 Å². The first-order valence-corrected chi connectivity index (χ1v) is 6.74. The summed E-state index contributed by atoms with van der Waals surface area (Å²) < 4.78 is 5.59. The molecule has 18 heavy (non-hydrogen) atoms. The lowest BCUT2D eigenvalue weighted by atomic mass is 9.98. The lowest BCUT2D eigenvalue weighted by molar-refractivity contribution is -0.125. The minimum absolute atomic E-state index is 0.0880. The Morgan fingerprint density at radius 1 is 1.50 bits per heavy atom. The molecule has 0 radical (unpaired) electrons. The van der Waals surface area contributed by atoms with E-state index < -0.39 is 0 Å². The fraction of sp³-hybridized carbons (Fsp3) is 0.533. The summed E-state index contributed by atoms with van der Waals surface area (Å²) in [6.07, 6.45) is 2.83. The molecule has 3 heteroatoms. The Hall–Kier alpha value is -1.51. The average molecular weight is 247 g/mol. The van der Waals surface area contributed by atoms with Crippen molar-refractivity contribution in [3.05, 3.63) is 29.8 Å². The van der Waals surface area contributed by atoms with Crippen molar-refractivity contribution in [3.8, 4) is 5.75 Å². The molecule has 0 aliphatic carbocycles. The van der Waals surface area contributed by atoms with Gasteiger partial charge in [-0.05, 0) is 12.5 Å². The van der Waals surface area contributed by atoms with Crippen LogP contribution in [0.25, 0.3) is 0 Å². The predicted molar refractivity (Wildman–Crippen MR) is 71.5 cm³/mol. The first-order valence-electron chi connectivity index (χ1n) is 6.74. The van der Waals surface area contributed by atoms with Gasteiger partial charge in [0, 0.05) is 17.9 Å². The zero-order valence-corrected chi connectivity index (χ0v) is 11.1. The molecule has 0 saturated heterocycles. The maximum Gasteiger partial charge on any atom is 0.223 e. The van der Waals surface area contributed by atoms with E-state index in [4.69, 9.17) is 4.74 Å². The predicted octanol–water partition coefficient (Wildman–Crippen LogP) is 3.06. The van der Waals surface area contributed by atoms with Crippen LogP contribution < -0.4 is 10.1 Å². The third kappa shape index (κ3) is 2.84. The van der Waals surface area contributed by atoms with Gasteiger partial charge in [-0.2, -0.15) is 0 Å². The summed E-state index contributed by atoms with van der Waals surface area (Å²) in [4.78, 5) is 12.1. The first kappa shape index (κ1) is 12.9. The number of carbonyl (C=O) groups is 1. The number of hydrogen-bond donors (Lipinski definition) is 1. The fourth-order valence-corrected chi connectivity index (χ4v) is 2.37. The van der Waals surface area contributed by atoms with Gasteiger partial charge in [0.2, 0.25) is 5.91 Å². The third-order valence-electron chi connectivity index (χ3n) is 3.44. The summed E-state index contributed by atoms with van der Waals surface area (Å²) >= 11 is 0. The molecular formula is C15H21NO2. The molecule has 2 rings (SSSR count). The topological polar surface area (TPSA) is 38.3 Å². The molecule has 1 amide bonds. The van der Waals surface area contributed by atoms with Gasteiger partial charge in [0.1, 0.15) is 5.75 Å². The number of benzene rings is 1. The van der Waals surface area contributed by atoms with Crippen molar-refractivity contribution in [2.45, 2.75) is 39.2 Å². The standard InChI is InChI=1S/C15H21NO2/c1-3-6-11(2)15(17)16-13-9-10-18-14-8-5-4-7-12(13)14/h4-5,7-8,11,13H,3,6,9-10H2,1-2H3,(H,16,17)/t11-,13-/m0/s1. The van der Waals surface area contributed by atoms with Crippen LogP contribution in [-0.4, -0.2) is 12.5 Å². The molecule has 1 aliphatic rings. The number of fused-ring (bicyclic) bond motifs is 1. The molecule has 0 unspecified atom stereocenters. The van der Waals surface area contributed by atoms with Gasteiger partial charge in [0.15, 0.2) is 0 Å². The molecule has 3 nitrogen and oxygen atoms in total. The van der Waals surface area contributed by atoms with Crippen LogP contribution in [-0.2, 0) is 4.79 Å². The fourth-order valence-electron chi connectivity index (χ4n) is 2.37. The smallest absolute Gasteiger partial charge is 0.223 e. The average Bonchev–Trinajstić information content (AvgIpc) is 2.39. The highest BCUT2D eigenvalue weighted by Crippen LogP contribution is 2.31. The summed E-state index contributed by atoms with van der Waals surface area (Å²) in [7, 11) is 0. The summed E-state index contributed by atoms with van der Waals surface area (Å²) in [5.74, 6) is 1.14. The molecule has 1 aromatic carbocycles. The van der Waals surface area contributed by atoms with Crippen molar-refractivity contribution in [1.29, 1.82) is 0 Å². The Bertz CT molecular complexity index is 417. The van der Waals surface area contributed by atoms with E-state index in [2.05, 4.69) is 12.2 Å². The largest absolute Gasteiger partial charge is 0.493 e. The molecule has 98 valence electrons. The number of para-hydroxylation sites is 1. The SMILES string of the molecule is CCC[C@H](C)C(=O)N[C@H]1CCOc2ccccc21. The van der Waals surface area contributed by atoms with E-state index in [-0.39, 0.29) is 17.9 Å². The Morgan fingerprint density at radius 2 is 2.28 bits per heavy atom. The van der Waals surface area contributed by atoms with Crippen molar-refractivity contribution in [3.63, 3.8) is 0 Å². The maximum absolute atomic E-state index is 12.1. The number of rotatable bonds is 4. The number of hydrogen-bond acceptors (Lipinski definition) is 2. The number of amides is 1. The van der Waals surface area contributed by atoms with Gasteiger partial charge >= 0.3 is 0 Å². The van der Waals surface area contributed by atoms with Crippen LogP contribution in [0.4, 0.5) is 0 Å². The van der Waals surface area contributed by atoms with Gasteiger partial charge in [-0.1, -0.05) is 38.5 Å². The number of carbonyl (C=O) groups excluding carboxylic acids is 1. The van der Waals surface area contributed by atoms with E-state index in [1.165, 1.54) is 0 Å². The van der Waals surface area contributed by atoms with Gasteiger partial charge in [-0.15, -0.1) is 0 Å². The van der Waals surface area contributed by atoms with Crippen LogP contribution >= 0.6 is 0 Å². The molecule has 0 aromatic heterocycles.